The van der Waals surface area contributed by atoms with Crippen molar-refractivity contribution in [2.75, 3.05) is 26.3 Å². The lowest BCUT2D eigenvalue weighted by atomic mass is 10.6. The molecule has 0 aliphatic carbocycles. The zero-order valence-electron chi connectivity index (χ0n) is 12.1. The Labute approximate surface area is 125 Å². The number of hydrogen-bond donors (Lipinski definition) is 4. The molecule has 126 valence electrons. The van der Waals surface area contributed by atoms with E-state index in [1.54, 1.807) is 0 Å². The molecular weight excluding hydrogens is 304 g/mol. The van der Waals surface area contributed by atoms with E-state index >= 15 is 0 Å². The number of carbonyl (C=O) groups is 4. The average Bonchev–Trinajstić information content (AvgIpc) is 2.42. The highest BCUT2D eigenvalue weighted by Gasteiger charge is 2.23. The standard InChI is InChI=1S/C10H18N4O8/c1-3-21-9(19)13(7(15)16)11-5-6-12-14(8(17)18)10(20)22-4-2/h11-12H,3-6H2,1-2H3,(H,15,16)(H,17,18). The van der Waals surface area contributed by atoms with Crippen LogP contribution in [-0.4, -0.2) is 70.9 Å². The van der Waals surface area contributed by atoms with Crippen LogP contribution in [0.3, 0.4) is 0 Å². The summed E-state index contributed by atoms with van der Waals surface area (Å²) in [6.45, 7) is 2.60. The van der Waals surface area contributed by atoms with Crippen molar-refractivity contribution in [3.05, 3.63) is 0 Å². The summed E-state index contributed by atoms with van der Waals surface area (Å²) < 4.78 is 8.99. The summed E-state index contributed by atoms with van der Waals surface area (Å²) in [5, 5.41) is 18.0. The van der Waals surface area contributed by atoms with E-state index in [0.717, 1.165) is 0 Å². The summed E-state index contributed by atoms with van der Waals surface area (Å²) in [4.78, 5) is 44.2. The molecule has 0 radical (unpaired) electrons. The molecular formula is C10H18N4O8. The van der Waals surface area contributed by atoms with Gasteiger partial charge in [0, 0.05) is 13.1 Å². The lowest BCUT2D eigenvalue weighted by Crippen LogP contribution is -2.52. The molecule has 0 aromatic rings. The van der Waals surface area contributed by atoms with Crippen molar-refractivity contribution < 1.29 is 38.9 Å². The highest BCUT2D eigenvalue weighted by Crippen LogP contribution is 1.92. The molecule has 0 heterocycles. The topological polar surface area (TPSA) is 158 Å². The minimum Gasteiger partial charge on any atom is -0.464 e. The summed E-state index contributed by atoms with van der Waals surface area (Å²) in [6.07, 6.45) is -5.45. The zero-order chi connectivity index (χ0) is 17.1. The molecule has 0 fully saturated rings. The Kier molecular flexibility index (Phi) is 8.97. The number of amides is 4. The number of nitrogens with one attached hydrogen (secondary N) is 2. The van der Waals surface area contributed by atoms with Gasteiger partial charge in [0.05, 0.1) is 13.2 Å². The number of carbonyl (C=O) groups excluding carboxylic acids is 2. The monoisotopic (exact) mass is 322 g/mol. The summed E-state index contributed by atoms with van der Waals surface area (Å²) in [5.74, 6) is 0. The van der Waals surface area contributed by atoms with Crippen LogP contribution in [0.4, 0.5) is 19.2 Å². The number of nitrogens with zero attached hydrogens (tertiary/aromatic N) is 2. The van der Waals surface area contributed by atoms with Crippen molar-refractivity contribution in [2.24, 2.45) is 0 Å². The van der Waals surface area contributed by atoms with Crippen LogP contribution in [0.5, 0.6) is 0 Å². The first-order chi connectivity index (χ1) is 10.3. The Morgan fingerprint density at radius 1 is 0.818 bits per heavy atom. The Bertz CT molecular complexity index is 378. The molecule has 0 atom stereocenters. The summed E-state index contributed by atoms with van der Waals surface area (Å²) >= 11 is 0. The maximum absolute atomic E-state index is 11.3. The first-order valence-corrected chi connectivity index (χ1v) is 6.21. The molecule has 0 saturated heterocycles. The van der Waals surface area contributed by atoms with Gasteiger partial charge in [-0.05, 0) is 13.8 Å². The van der Waals surface area contributed by atoms with Gasteiger partial charge in [-0.15, -0.1) is 10.0 Å². The molecule has 0 rings (SSSR count). The Balaban J connectivity index is 4.36. The smallest absolute Gasteiger partial charge is 0.434 e. The van der Waals surface area contributed by atoms with Gasteiger partial charge in [-0.3, -0.25) is 0 Å². The van der Waals surface area contributed by atoms with Crippen LogP contribution in [0.15, 0.2) is 0 Å². The third-order valence-corrected chi connectivity index (χ3v) is 1.95. The van der Waals surface area contributed by atoms with E-state index in [1.165, 1.54) is 13.8 Å². The molecule has 0 saturated carbocycles. The fourth-order valence-electron chi connectivity index (χ4n) is 1.13. The molecule has 12 nitrogen and oxygen atoms in total. The fourth-order valence-corrected chi connectivity index (χ4v) is 1.13. The normalized spacial score (nSPS) is 9.73. The summed E-state index contributed by atoms with van der Waals surface area (Å²) in [7, 11) is 0. The van der Waals surface area contributed by atoms with Gasteiger partial charge in [0.2, 0.25) is 0 Å². The van der Waals surface area contributed by atoms with Crippen molar-refractivity contribution in [2.45, 2.75) is 13.8 Å². The van der Waals surface area contributed by atoms with Crippen LogP contribution in [-0.2, 0) is 9.47 Å². The van der Waals surface area contributed by atoms with Gasteiger partial charge in [-0.2, -0.15) is 0 Å². The summed E-state index contributed by atoms with van der Waals surface area (Å²) in [6, 6.07) is 0. The number of hydrazine groups is 2. The molecule has 0 aliphatic rings. The van der Waals surface area contributed by atoms with Gasteiger partial charge in [0.1, 0.15) is 0 Å². The van der Waals surface area contributed by atoms with Crippen molar-refractivity contribution in [3.63, 3.8) is 0 Å². The van der Waals surface area contributed by atoms with E-state index in [2.05, 4.69) is 20.3 Å². The van der Waals surface area contributed by atoms with Gasteiger partial charge in [-0.1, -0.05) is 0 Å². The van der Waals surface area contributed by atoms with Crippen molar-refractivity contribution in [1.82, 2.24) is 20.9 Å². The van der Waals surface area contributed by atoms with Crippen LogP contribution in [0.1, 0.15) is 13.8 Å². The largest absolute Gasteiger partial charge is 0.464 e. The quantitative estimate of drug-likeness (QED) is 0.378. The predicted octanol–water partition coefficient (Wildman–Crippen LogP) is 0.269. The molecule has 0 unspecified atom stereocenters. The second-order valence-corrected chi connectivity index (χ2v) is 3.45. The maximum atomic E-state index is 11.3. The SMILES string of the molecule is CCOC(=O)N(NCCNN(C(=O)O)C(=O)OCC)C(=O)O. The first-order valence-electron chi connectivity index (χ1n) is 6.21. The third-order valence-electron chi connectivity index (χ3n) is 1.95. The van der Waals surface area contributed by atoms with E-state index in [4.69, 9.17) is 10.2 Å². The van der Waals surface area contributed by atoms with E-state index in [-0.39, 0.29) is 36.3 Å². The maximum Gasteiger partial charge on any atom is 0.434 e. The molecule has 4 N–H and O–H groups in total. The van der Waals surface area contributed by atoms with Crippen molar-refractivity contribution >= 4 is 24.4 Å². The van der Waals surface area contributed by atoms with Crippen LogP contribution in [0.2, 0.25) is 0 Å². The van der Waals surface area contributed by atoms with Crippen LogP contribution < -0.4 is 10.9 Å². The number of imide groups is 2. The van der Waals surface area contributed by atoms with Gasteiger partial charge < -0.3 is 19.7 Å². The Morgan fingerprint density at radius 3 is 1.36 bits per heavy atom. The Morgan fingerprint density at radius 2 is 1.14 bits per heavy atom. The Hall–Kier alpha value is -2.60. The van der Waals surface area contributed by atoms with E-state index in [9.17, 15) is 19.2 Å². The van der Waals surface area contributed by atoms with Crippen LogP contribution in [0, 0.1) is 0 Å². The molecule has 0 aliphatic heterocycles. The third kappa shape index (κ3) is 6.71. The van der Waals surface area contributed by atoms with Gasteiger partial charge >= 0.3 is 24.4 Å². The molecule has 0 spiro atoms. The molecule has 22 heavy (non-hydrogen) atoms. The van der Waals surface area contributed by atoms with Crippen molar-refractivity contribution in [3.8, 4) is 0 Å². The predicted molar refractivity (Wildman–Crippen MR) is 69.8 cm³/mol. The lowest BCUT2D eigenvalue weighted by molar-refractivity contribution is 0.0709. The minimum absolute atomic E-state index is 0.0157. The molecule has 0 bridgehead atoms. The average molecular weight is 322 g/mol. The molecule has 0 aromatic heterocycles. The van der Waals surface area contributed by atoms with Crippen LogP contribution >= 0.6 is 0 Å². The lowest BCUT2D eigenvalue weighted by Gasteiger charge is -2.20. The minimum atomic E-state index is -1.60. The fraction of sp³-hybridized carbons (Fsp3) is 0.600. The molecule has 4 amide bonds. The highest BCUT2D eigenvalue weighted by molar-refractivity contribution is 5.86. The van der Waals surface area contributed by atoms with Gasteiger partial charge in [0.25, 0.3) is 0 Å². The van der Waals surface area contributed by atoms with E-state index < -0.39 is 24.4 Å². The van der Waals surface area contributed by atoms with Gasteiger partial charge in [-0.25, -0.2) is 30.0 Å². The second-order valence-electron chi connectivity index (χ2n) is 3.45. The molecule has 12 heteroatoms. The second kappa shape index (κ2) is 10.2. The summed E-state index contributed by atoms with van der Waals surface area (Å²) in [5.41, 5.74) is 4.39. The van der Waals surface area contributed by atoms with E-state index in [0.29, 0.717) is 0 Å². The van der Waals surface area contributed by atoms with Gasteiger partial charge in [0.15, 0.2) is 0 Å². The van der Waals surface area contributed by atoms with Crippen LogP contribution in [0.25, 0.3) is 0 Å². The molecule has 0 aromatic carbocycles. The van der Waals surface area contributed by atoms with E-state index in [1.807, 2.05) is 0 Å². The first kappa shape index (κ1) is 19.4. The number of hydrogen-bond acceptors (Lipinski definition) is 8. The number of carboxylic acid groups (broad SMARTS) is 2. The zero-order valence-corrected chi connectivity index (χ0v) is 12.1. The van der Waals surface area contributed by atoms with Crippen molar-refractivity contribution in [1.29, 1.82) is 0 Å². The number of ether oxygens (including phenoxy) is 2. The highest BCUT2D eigenvalue weighted by atomic mass is 16.6. The number of rotatable bonds is 7.